The SMILES string of the molecule is NC(=O)c1cccnc1N1CC2CCN1C2. The molecule has 5 nitrogen and oxygen atoms in total. The van der Waals surface area contributed by atoms with Gasteiger partial charge in [0.2, 0.25) is 0 Å². The predicted molar refractivity (Wildman–Crippen MR) is 59.8 cm³/mol. The maximum absolute atomic E-state index is 11.3. The van der Waals surface area contributed by atoms with Crippen molar-refractivity contribution in [3.05, 3.63) is 23.9 Å². The number of nitrogens with two attached hydrogens (primary N) is 1. The fourth-order valence-corrected chi connectivity index (χ4v) is 2.56. The Morgan fingerprint density at radius 3 is 3.00 bits per heavy atom. The summed E-state index contributed by atoms with van der Waals surface area (Å²) in [5.41, 5.74) is 5.87. The number of carbonyl (C=O) groups excluding carboxylic acids is 1. The Hall–Kier alpha value is -1.62. The van der Waals surface area contributed by atoms with Crippen molar-refractivity contribution in [2.45, 2.75) is 6.42 Å². The van der Waals surface area contributed by atoms with E-state index < -0.39 is 5.91 Å². The zero-order valence-corrected chi connectivity index (χ0v) is 8.97. The minimum Gasteiger partial charge on any atom is -0.365 e. The highest BCUT2D eigenvalue weighted by atomic mass is 16.1. The summed E-state index contributed by atoms with van der Waals surface area (Å²) in [6.45, 7) is 3.09. The van der Waals surface area contributed by atoms with Gasteiger partial charge in [-0.15, -0.1) is 0 Å². The first-order chi connectivity index (χ1) is 7.75. The first kappa shape index (κ1) is 9.59. The average Bonchev–Trinajstić information content (AvgIpc) is 2.90. The molecule has 0 aliphatic carbocycles. The molecule has 16 heavy (non-hydrogen) atoms. The highest BCUT2D eigenvalue weighted by Crippen LogP contribution is 2.32. The standard InChI is InChI=1S/C11H14N4O/c12-10(16)9-2-1-4-13-11(9)15-7-8-3-5-14(15)6-8/h1-2,4,8H,3,5-7H2,(H2,12,16). The van der Waals surface area contributed by atoms with Gasteiger partial charge in [0, 0.05) is 25.8 Å². The molecule has 2 aliphatic heterocycles. The van der Waals surface area contributed by atoms with E-state index in [2.05, 4.69) is 15.0 Å². The van der Waals surface area contributed by atoms with Crippen LogP contribution in [0.25, 0.3) is 0 Å². The summed E-state index contributed by atoms with van der Waals surface area (Å²) >= 11 is 0. The zero-order valence-electron chi connectivity index (χ0n) is 8.97. The van der Waals surface area contributed by atoms with Gasteiger partial charge in [0.05, 0.1) is 5.56 Å². The topological polar surface area (TPSA) is 62.5 Å². The molecule has 0 aromatic carbocycles. The van der Waals surface area contributed by atoms with Crippen LogP contribution in [-0.2, 0) is 0 Å². The number of hydrogen-bond acceptors (Lipinski definition) is 4. The molecule has 2 saturated heterocycles. The van der Waals surface area contributed by atoms with Crippen molar-refractivity contribution in [1.29, 1.82) is 0 Å². The van der Waals surface area contributed by atoms with Crippen LogP contribution in [0, 0.1) is 5.92 Å². The van der Waals surface area contributed by atoms with Gasteiger partial charge in [0.15, 0.2) is 5.82 Å². The number of carbonyl (C=O) groups is 1. The molecule has 1 amide bonds. The monoisotopic (exact) mass is 218 g/mol. The molecule has 1 aromatic rings. The molecule has 2 unspecified atom stereocenters. The van der Waals surface area contributed by atoms with Crippen LogP contribution in [0.15, 0.2) is 18.3 Å². The van der Waals surface area contributed by atoms with Crippen LogP contribution < -0.4 is 10.7 Å². The molecule has 84 valence electrons. The fourth-order valence-electron chi connectivity index (χ4n) is 2.56. The van der Waals surface area contributed by atoms with Crippen LogP contribution in [-0.4, -0.2) is 35.5 Å². The molecule has 2 aliphatic rings. The van der Waals surface area contributed by atoms with E-state index in [-0.39, 0.29) is 0 Å². The highest BCUT2D eigenvalue weighted by molar-refractivity contribution is 5.97. The Bertz CT molecular complexity index is 434. The number of amides is 1. The molecular weight excluding hydrogens is 204 g/mol. The Morgan fingerprint density at radius 1 is 1.50 bits per heavy atom. The van der Waals surface area contributed by atoms with Crippen molar-refractivity contribution in [2.75, 3.05) is 24.6 Å². The number of pyridine rings is 1. The quantitative estimate of drug-likeness (QED) is 0.772. The molecule has 3 heterocycles. The molecule has 3 rings (SSSR count). The van der Waals surface area contributed by atoms with E-state index >= 15 is 0 Å². The molecule has 1 aromatic heterocycles. The smallest absolute Gasteiger partial charge is 0.252 e. The van der Waals surface area contributed by atoms with Crippen molar-refractivity contribution < 1.29 is 4.79 Å². The number of nitrogens with zero attached hydrogens (tertiary/aromatic N) is 3. The first-order valence-electron chi connectivity index (χ1n) is 5.53. The number of primary amides is 1. The third-order valence-electron chi connectivity index (χ3n) is 3.33. The summed E-state index contributed by atoms with van der Waals surface area (Å²) in [5.74, 6) is 1.01. The Kier molecular flexibility index (Phi) is 2.07. The van der Waals surface area contributed by atoms with Gasteiger partial charge >= 0.3 is 0 Å². The predicted octanol–water partition coefficient (Wildman–Crippen LogP) is 0.237. The number of anilines is 1. The van der Waals surface area contributed by atoms with Gasteiger partial charge in [0.1, 0.15) is 0 Å². The third kappa shape index (κ3) is 1.36. The first-order valence-corrected chi connectivity index (χ1v) is 5.53. The minimum absolute atomic E-state index is 0.410. The molecular formula is C11H14N4O. The van der Waals surface area contributed by atoms with Crippen LogP contribution in [0.4, 0.5) is 5.82 Å². The van der Waals surface area contributed by atoms with Crippen molar-refractivity contribution in [1.82, 2.24) is 9.99 Å². The lowest BCUT2D eigenvalue weighted by molar-refractivity contribution is 0.1000. The van der Waals surface area contributed by atoms with Gasteiger partial charge in [-0.3, -0.25) is 9.80 Å². The average molecular weight is 218 g/mol. The van der Waals surface area contributed by atoms with E-state index in [0.29, 0.717) is 17.3 Å². The lowest BCUT2D eigenvalue weighted by Crippen LogP contribution is -2.40. The van der Waals surface area contributed by atoms with Gasteiger partial charge in [-0.1, -0.05) is 0 Å². The third-order valence-corrected chi connectivity index (χ3v) is 3.33. The van der Waals surface area contributed by atoms with Gasteiger partial charge in [-0.2, -0.15) is 0 Å². The normalized spacial score (nSPS) is 27.4. The van der Waals surface area contributed by atoms with Gasteiger partial charge in [0.25, 0.3) is 5.91 Å². The maximum Gasteiger partial charge on any atom is 0.252 e. The number of fused-ring (bicyclic) bond motifs is 2. The summed E-state index contributed by atoms with van der Waals surface area (Å²) in [5, 5.41) is 4.34. The van der Waals surface area contributed by atoms with Crippen LogP contribution >= 0.6 is 0 Å². The Morgan fingerprint density at radius 2 is 2.38 bits per heavy atom. The van der Waals surface area contributed by atoms with Crippen molar-refractivity contribution in [3.8, 4) is 0 Å². The number of rotatable bonds is 2. The molecule has 5 heteroatoms. The summed E-state index contributed by atoms with van der Waals surface area (Å²) < 4.78 is 0. The minimum atomic E-state index is -0.410. The van der Waals surface area contributed by atoms with E-state index in [9.17, 15) is 4.79 Å². The van der Waals surface area contributed by atoms with Crippen molar-refractivity contribution >= 4 is 11.7 Å². The second kappa shape index (κ2) is 3.45. The molecule has 2 atom stereocenters. The number of hydrazine groups is 1. The molecule has 0 spiro atoms. The van der Waals surface area contributed by atoms with Crippen molar-refractivity contribution in [3.63, 3.8) is 0 Å². The Balaban J connectivity index is 1.97. The molecule has 0 radical (unpaired) electrons. The molecule has 2 fully saturated rings. The number of aromatic nitrogens is 1. The summed E-state index contributed by atoms with van der Waals surface area (Å²) in [6, 6.07) is 3.48. The van der Waals surface area contributed by atoms with Gasteiger partial charge < -0.3 is 5.73 Å². The molecule has 2 N–H and O–H groups in total. The largest absolute Gasteiger partial charge is 0.365 e. The lowest BCUT2D eigenvalue weighted by atomic mass is 10.1. The van der Waals surface area contributed by atoms with E-state index in [0.717, 1.165) is 19.6 Å². The summed E-state index contributed by atoms with van der Waals surface area (Å²) in [7, 11) is 0. The molecule has 2 bridgehead atoms. The maximum atomic E-state index is 11.3. The van der Waals surface area contributed by atoms with Crippen LogP contribution in [0.1, 0.15) is 16.8 Å². The zero-order chi connectivity index (χ0) is 11.1. The summed E-state index contributed by atoms with van der Waals surface area (Å²) in [4.78, 5) is 15.6. The number of hydrogen-bond donors (Lipinski definition) is 1. The van der Waals surface area contributed by atoms with Gasteiger partial charge in [-0.05, 0) is 24.5 Å². The van der Waals surface area contributed by atoms with E-state index in [1.54, 1.807) is 18.3 Å². The molecule has 0 saturated carbocycles. The van der Waals surface area contributed by atoms with E-state index in [1.807, 2.05) is 0 Å². The second-order valence-electron chi connectivity index (χ2n) is 4.39. The van der Waals surface area contributed by atoms with Crippen LogP contribution in [0.5, 0.6) is 0 Å². The van der Waals surface area contributed by atoms with Crippen LogP contribution in [0.3, 0.4) is 0 Å². The highest BCUT2D eigenvalue weighted by Gasteiger charge is 2.37. The van der Waals surface area contributed by atoms with Crippen molar-refractivity contribution in [2.24, 2.45) is 11.7 Å². The van der Waals surface area contributed by atoms with Crippen LogP contribution in [0.2, 0.25) is 0 Å². The van der Waals surface area contributed by atoms with E-state index in [1.165, 1.54) is 6.42 Å². The van der Waals surface area contributed by atoms with E-state index in [4.69, 9.17) is 5.73 Å². The fraction of sp³-hybridized carbons (Fsp3) is 0.455. The van der Waals surface area contributed by atoms with Gasteiger partial charge in [-0.25, -0.2) is 9.99 Å². The Labute approximate surface area is 93.8 Å². The second-order valence-corrected chi connectivity index (χ2v) is 4.39. The lowest BCUT2D eigenvalue weighted by Gasteiger charge is -2.30. The summed E-state index contributed by atoms with van der Waals surface area (Å²) in [6.07, 6.45) is 2.95.